The molecule has 3 rings (SSSR count). The molecule has 1 saturated heterocycles. The Kier molecular flexibility index (Phi) is 3.96. The number of nitrogens with zero attached hydrogens (tertiary/aromatic N) is 1. The van der Waals surface area contributed by atoms with E-state index in [2.05, 4.69) is 19.9 Å². The predicted octanol–water partition coefficient (Wildman–Crippen LogP) is 4.74. The Labute approximate surface area is 134 Å². The third-order valence-electron chi connectivity index (χ3n) is 3.86. The van der Waals surface area contributed by atoms with E-state index in [1.165, 1.54) is 5.56 Å². The van der Waals surface area contributed by atoms with Crippen molar-refractivity contribution in [1.82, 2.24) is 0 Å². The first-order valence-electron chi connectivity index (χ1n) is 6.83. The summed E-state index contributed by atoms with van der Waals surface area (Å²) in [6.07, 6.45) is 0. The monoisotopic (exact) mass is 317 g/mol. The first kappa shape index (κ1) is 14.5. The summed E-state index contributed by atoms with van der Waals surface area (Å²) >= 11 is 7.62. The van der Waals surface area contributed by atoms with Crippen molar-refractivity contribution in [3.05, 3.63) is 64.2 Å². The molecule has 0 saturated carbocycles. The van der Waals surface area contributed by atoms with Crippen LogP contribution in [0.4, 0.5) is 5.69 Å². The number of rotatable bonds is 2. The highest BCUT2D eigenvalue weighted by molar-refractivity contribution is 8.00. The van der Waals surface area contributed by atoms with Crippen molar-refractivity contribution in [2.45, 2.75) is 19.2 Å². The minimum absolute atomic E-state index is 0.0234. The van der Waals surface area contributed by atoms with Crippen LogP contribution in [0.1, 0.15) is 22.1 Å². The fourth-order valence-corrected chi connectivity index (χ4v) is 3.85. The fraction of sp³-hybridized carbons (Fsp3) is 0.235. The molecular weight excluding hydrogens is 302 g/mol. The van der Waals surface area contributed by atoms with Crippen molar-refractivity contribution in [3.8, 4) is 0 Å². The molecule has 0 bridgehead atoms. The summed E-state index contributed by atoms with van der Waals surface area (Å²) < 4.78 is 0. The number of benzene rings is 2. The van der Waals surface area contributed by atoms with E-state index in [0.717, 1.165) is 16.8 Å². The van der Waals surface area contributed by atoms with Gasteiger partial charge in [0.1, 0.15) is 5.37 Å². The van der Waals surface area contributed by atoms with Gasteiger partial charge in [0.15, 0.2) is 0 Å². The molecule has 1 heterocycles. The largest absolute Gasteiger partial charge is 0.295 e. The van der Waals surface area contributed by atoms with E-state index in [-0.39, 0.29) is 11.3 Å². The lowest BCUT2D eigenvalue weighted by Gasteiger charge is -2.26. The molecule has 0 radical (unpaired) electrons. The summed E-state index contributed by atoms with van der Waals surface area (Å²) in [6, 6.07) is 13.8. The fourth-order valence-electron chi connectivity index (χ4n) is 2.56. The summed E-state index contributed by atoms with van der Waals surface area (Å²) in [7, 11) is 0. The molecule has 108 valence electrons. The molecule has 1 unspecified atom stereocenters. The molecule has 0 spiro atoms. The third kappa shape index (κ3) is 2.68. The van der Waals surface area contributed by atoms with Crippen LogP contribution in [0.15, 0.2) is 42.5 Å². The number of carbonyl (C=O) groups excluding carboxylic acids is 1. The number of aryl methyl sites for hydroxylation is 1. The van der Waals surface area contributed by atoms with Gasteiger partial charge in [0.25, 0.3) is 0 Å². The Morgan fingerprint density at radius 2 is 1.86 bits per heavy atom. The number of carbonyl (C=O) groups is 1. The molecule has 2 nitrogen and oxygen atoms in total. The van der Waals surface area contributed by atoms with Gasteiger partial charge in [-0.25, -0.2) is 0 Å². The van der Waals surface area contributed by atoms with Crippen molar-refractivity contribution >= 4 is 35.0 Å². The Morgan fingerprint density at radius 3 is 2.57 bits per heavy atom. The molecule has 2 aromatic carbocycles. The first-order valence-corrected chi connectivity index (χ1v) is 8.26. The van der Waals surface area contributed by atoms with E-state index in [4.69, 9.17) is 11.6 Å². The van der Waals surface area contributed by atoms with E-state index < -0.39 is 0 Å². The lowest BCUT2D eigenvalue weighted by atomic mass is 10.1. The quantitative estimate of drug-likeness (QED) is 0.797. The van der Waals surface area contributed by atoms with Gasteiger partial charge >= 0.3 is 0 Å². The van der Waals surface area contributed by atoms with E-state index >= 15 is 0 Å². The molecule has 1 aliphatic heterocycles. The summed E-state index contributed by atoms with van der Waals surface area (Å²) in [6.45, 7) is 4.14. The van der Waals surface area contributed by atoms with E-state index in [1.54, 1.807) is 11.8 Å². The van der Waals surface area contributed by atoms with Crippen LogP contribution in [-0.4, -0.2) is 11.7 Å². The second-order valence-corrected chi connectivity index (χ2v) is 6.70. The molecule has 21 heavy (non-hydrogen) atoms. The number of halogens is 1. The first-order chi connectivity index (χ1) is 10.1. The smallest absolute Gasteiger partial charge is 0.238 e. The zero-order chi connectivity index (χ0) is 15.0. The molecule has 1 atom stereocenters. The van der Waals surface area contributed by atoms with Crippen LogP contribution in [0.2, 0.25) is 5.02 Å². The molecular formula is C17H16ClNOS. The number of anilines is 1. The lowest BCUT2D eigenvalue weighted by Crippen LogP contribution is -2.28. The van der Waals surface area contributed by atoms with Crippen molar-refractivity contribution in [2.24, 2.45) is 0 Å². The molecule has 1 amide bonds. The molecule has 1 fully saturated rings. The molecule has 0 aliphatic carbocycles. The standard InChI is InChI=1S/C17H16ClNOS/c1-11-4-3-5-15(12(11)2)19-16(20)10-21-17(19)13-6-8-14(18)9-7-13/h3-9,17H,10H2,1-2H3. The maximum Gasteiger partial charge on any atom is 0.238 e. The number of thioether (sulfide) groups is 1. The molecule has 0 aromatic heterocycles. The summed E-state index contributed by atoms with van der Waals surface area (Å²) in [4.78, 5) is 14.3. The molecule has 4 heteroatoms. The Balaban J connectivity index is 2.04. The SMILES string of the molecule is Cc1cccc(N2C(=O)CSC2c2ccc(Cl)cc2)c1C. The van der Waals surface area contributed by atoms with Gasteiger partial charge in [0.2, 0.25) is 5.91 Å². The summed E-state index contributed by atoms with van der Waals surface area (Å²) in [5, 5.41) is 0.738. The highest BCUT2D eigenvalue weighted by atomic mass is 35.5. The van der Waals surface area contributed by atoms with Gasteiger partial charge in [0.05, 0.1) is 5.75 Å². The van der Waals surface area contributed by atoms with Gasteiger partial charge in [-0.1, -0.05) is 35.9 Å². The highest BCUT2D eigenvalue weighted by Crippen LogP contribution is 2.43. The zero-order valence-corrected chi connectivity index (χ0v) is 13.5. The van der Waals surface area contributed by atoms with Gasteiger partial charge in [-0.15, -0.1) is 11.8 Å². The minimum atomic E-state index is 0.0234. The topological polar surface area (TPSA) is 20.3 Å². The second-order valence-electron chi connectivity index (χ2n) is 5.20. The van der Waals surface area contributed by atoms with Crippen molar-refractivity contribution in [2.75, 3.05) is 10.7 Å². The van der Waals surface area contributed by atoms with Crippen LogP contribution in [0, 0.1) is 13.8 Å². The zero-order valence-electron chi connectivity index (χ0n) is 12.0. The van der Waals surface area contributed by atoms with Crippen molar-refractivity contribution in [1.29, 1.82) is 0 Å². The number of amides is 1. The van der Waals surface area contributed by atoms with Crippen molar-refractivity contribution in [3.63, 3.8) is 0 Å². The maximum atomic E-state index is 12.4. The normalized spacial score (nSPS) is 18.3. The third-order valence-corrected chi connectivity index (χ3v) is 5.32. The van der Waals surface area contributed by atoms with E-state index in [9.17, 15) is 4.79 Å². The van der Waals surface area contributed by atoms with E-state index in [1.807, 2.05) is 41.3 Å². The Hall–Kier alpha value is -1.45. The number of hydrogen-bond acceptors (Lipinski definition) is 2. The average molecular weight is 318 g/mol. The van der Waals surface area contributed by atoms with Gasteiger partial charge in [-0.05, 0) is 48.7 Å². The van der Waals surface area contributed by atoms with Crippen molar-refractivity contribution < 1.29 is 4.79 Å². The van der Waals surface area contributed by atoms with Crippen LogP contribution >= 0.6 is 23.4 Å². The predicted molar refractivity (Wildman–Crippen MR) is 90.1 cm³/mol. The van der Waals surface area contributed by atoms with Crippen LogP contribution < -0.4 is 4.90 Å². The number of hydrogen-bond donors (Lipinski definition) is 0. The van der Waals surface area contributed by atoms with Gasteiger partial charge in [-0.2, -0.15) is 0 Å². The van der Waals surface area contributed by atoms with Gasteiger partial charge in [-0.3, -0.25) is 9.69 Å². The second kappa shape index (κ2) is 5.74. The van der Waals surface area contributed by atoms with Gasteiger partial charge < -0.3 is 0 Å². The van der Waals surface area contributed by atoms with E-state index in [0.29, 0.717) is 10.8 Å². The average Bonchev–Trinajstić information content (AvgIpc) is 2.85. The van der Waals surface area contributed by atoms with Gasteiger partial charge in [0, 0.05) is 10.7 Å². The molecule has 0 N–H and O–H groups in total. The van der Waals surface area contributed by atoms with Crippen LogP contribution in [-0.2, 0) is 4.79 Å². The molecule has 2 aromatic rings. The van der Waals surface area contributed by atoms with Crippen LogP contribution in [0.5, 0.6) is 0 Å². The highest BCUT2D eigenvalue weighted by Gasteiger charge is 2.34. The Bertz CT molecular complexity index is 684. The maximum absolute atomic E-state index is 12.4. The Morgan fingerprint density at radius 1 is 1.14 bits per heavy atom. The summed E-state index contributed by atoms with van der Waals surface area (Å²) in [5.74, 6) is 0.675. The van der Waals surface area contributed by atoms with Crippen LogP contribution in [0.3, 0.4) is 0 Å². The minimum Gasteiger partial charge on any atom is -0.295 e. The summed E-state index contributed by atoms with van der Waals surface area (Å²) in [5.41, 5.74) is 4.47. The molecule has 1 aliphatic rings. The lowest BCUT2D eigenvalue weighted by molar-refractivity contribution is -0.115. The van der Waals surface area contributed by atoms with Crippen LogP contribution in [0.25, 0.3) is 0 Å².